The smallest absolute Gasteiger partial charge is 0.148 e. The average Bonchev–Trinajstić information content (AvgIpc) is 3.15. The molecule has 0 unspecified atom stereocenters. The molecule has 0 aliphatic carbocycles. The SMILES string of the molecule is Brc1cc(CNCCCn2ccnc2)cc(Br)c1OCc1ccccc1. The molecule has 26 heavy (non-hydrogen) atoms. The molecular weight excluding hydrogens is 458 g/mol. The van der Waals surface area contributed by atoms with Crippen LogP contribution in [0.2, 0.25) is 0 Å². The molecule has 0 spiro atoms. The number of ether oxygens (including phenoxy) is 1. The highest BCUT2D eigenvalue weighted by atomic mass is 79.9. The topological polar surface area (TPSA) is 39.1 Å². The van der Waals surface area contributed by atoms with Crippen molar-refractivity contribution in [3.63, 3.8) is 0 Å². The highest BCUT2D eigenvalue weighted by Gasteiger charge is 2.09. The summed E-state index contributed by atoms with van der Waals surface area (Å²) in [7, 11) is 0. The minimum atomic E-state index is 0.546. The number of aryl methyl sites for hydroxylation is 1. The monoisotopic (exact) mass is 477 g/mol. The van der Waals surface area contributed by atoms with Gasteiger partial charge >= 0.3 is 0 Å². The molecule has 3 aromatic rings. The first kappa shape index (κ1) is 19.1. The lowest BCUT2D eigenvalue weighted by Gasteiger charge is -2.13. The minimum Gasteiger partial charge on any atom is -0.487 e. The quantitative estimate of drug-likeness (QED) is 0.431. The lowest BCUT2D eigenvalue weighted by molar-refractivity contribution is 0.302. The molecule has 136 valence electrons. The van der Waals surface area contributed by atoms with E-state index in [4.69, 9.17) is 4.74 Å². The zero-order valence-electron chi connectivity index (χ0n) is 14.4. The van der Waals surface area contributed by atoms with Gasteiger partial charge in [-0.1, -0.05) is 30.3 Å². The van der Waals surface area contributed by atoms with Crippen LogP contribution in [0.1, 0.15) is 17.5 Å². The van der Waals surface area contributed by atoms with Crippen LogP contribution in [-0.2, 0) is 19.7 Å². The zero-order chi connectivity index (χ0) is 18.2. The first-order valence-corrected chi connectivity index (χ1v) is 10.1. The Hall–Kier alpha value is -1.63. The average molecular weight is 479 g/mol. The maximum Gasteiger partial charge on any atom is 0.148 e. The molecule has 6 heteroatoms. The van der Waals surface area contributed by atoms with Crippen molar-refractivity contribution in [3.05, 3.63) is 81.3 Å². The fraction of sp³-hybridized carbons (Fsp3) is 0.250. The van der Waals surface area contributed by atoms with Gasteiger partial charge in [0.2, 0.25) is 0 Å². The van der Waals surface area contributed by atoms with E-state index < -0.39 is 0 Å². The van der Waals surface area contributed by atoms with Crippen LogP contribution < -0.4 is 10.1 Å². The summed E-state index contributed by atoms with van der Waals surface area (Å²) in [5.74, 6) is 0.831. The Labute approximate surface area is 170 Å². The third kappa shape index (κ3) is 5.69. The van der Waals surface area contributed by atoms with Gasteiger partial charge in [-0.2, -0.15) is 0 Å². The second-order valence-corrected chi connectivity index (χ2v) is 7.70. The van der Waals surface area contributed by atoms with Crippen molar-refractivity contribution in [2.45, 2.75) is 26.1 Å². The Balaban J connectivity index is 1.48. The molecule has 4 nitrogen and oxygen atoms in total. The van der Waals surface area contributed by atoms with Crippen molar-refractivity contribution < 1.29 is 4.74 Å². The zero-order valence-corrected chi connectivity index (χ0v) is 17.5. The molecule has 0 aliphatic rings. The third-order valence-electron chi connectivity index (χ3n) is 3.94. The lowest BCUT2D eigenvalue weighted by atomic mass is 10.2. The van der Waals surface area contributed by atoms with Crippen LogP contribution in [0.4, 0.5) is 0 Å². The Morgan fingerprint density at radius 3 is 2.50 bits per heavy atom. The number of rotatable bonds is 9. The first-order valence-electron chi connectivity index (χ1n) is 8.53. The number of nitrogens with zero attached hydrogens (tertiary/aromatic N) is 2. The summed E-state index contributed by atoms with van der Waals surface area (Å²) >= 11 is 7.25. The summed E-state index contributed by atoms with van der Waals surface area (Å²) in [6.45, 7) is 3.30. The van der Waals surface area contributed by atoms with Crippen LogP contribution in [-0.4, -0.2) is 16.1 Å². The normalized spacial score (nSPS) is 10.8. The molecule has 1 heterocycles. The van der Waals surface area contributed by atoms with Crippen LogP contribution in [0.25, 0.3) is 0 Å². The van der Waals surface area contributed by atoms with Gasteiger partial charge in [-0.25, -0.2) is 4.98 Å². The summed E-state index contributed by atoms with van der Waals surface area (Å²) in [4.78, 5) is 4.05. The predicted molar refractivity (Wildman–Crippen MR) is 111 cm³/mol. The third-order valence-corrected chi connectivity index (χ3v) is 5.12. The largest absolute Gasteiger partial charge is 0.487 e. The van der Waals surface area contributed by atoms with Crippen LogP contribution >= 0.6 is 31.9 Å². The van der Waals surface area contributed by atoms with E-state index in [0.29, 0.717) is 6.61 Å². The van der Waals surface area contributed by atoms with Crippen molar-refractivity contribution in [1.82, 2.24) is 14.9 Å². The van der Waals surface area contributed by atoms with Gasteiger partial charge in [0, 0.05) is 25.5 Å². The molecule has 1 aromatic heterocycles. The fourth-order valence-corrected chi connectivity index (χ4v) is 4.13. The molecule has 0 bridgehead atoms. The van der Waals surface area contributed by atoms with E-state index in [-0.39, 0.29) is 0 Å². The van der Waals surface area contributed by atoms with Gasteiger partial charge < -0.3 is 14.6 Å². The van der Waals surface area contributed by atoms with Crippen molar-refractivity contribution in [1.29, 1.82) is 0 Å². The van der Waals surface area contributed by atoms with E-state index in [1.165, 1.54) is 5.56 Å². The number of hydrogen-bond donors (Lipinski definition) is 1. The molecule has 1 N–H and O–H groups in total. The fourth-order valence-electron chi connectivity index (χ4n) is 2.62. The standard InChI is InChI=1S/C20H21Br2N3O/c21-18-11-17(13-23-7-4-9-25-10-8-24-15-25)12-19(22)20(18)26-14-16-5-2-1-3-6-16/h1-3,5-6,8,10-12,15,23H,4,7,9,13-14H2. The maximum atomic E-state index is 5.97. The summed E-state index contributed by atoms with van der Waals surface area (Å²) in [6, 6.07) is 14.4. The Morgan fingerprint density at radius 1 is 1.04 bits per heavy atom. The van der Waals surface area contributed by atoms with Gasteiger partial charge in [0.05, 0.1) is 15.3 Å². The van der Waals surface area contributed by atoms with E-state index in [9.17, 15) is 0 Å². The minimum absolute atomic E-state index is 0.546. The van der Waals surface area contributed by atoms with Gasteiger partial charge in [-0.05, 0) is 68.1 Å². The van der Waals surface area contributed by atoms with Crippen molar-refractivity contribution in [3.8, 4) is 5.75 Å². The van der Waals surface area contributed by atoms with E-state index >= 15 is 0 Å². The number of hydrogen-bond acceptors (Lipinski definition) is 3. The second-order valence-electron chi connectivity index (χ2n) is 5.99. The Kier molecular flexibility index (Phi) is 7.29. The molecule has 0 fully saturated rings. The lowest BCUT2D eigenvalue weighted by Crippen LogP contribution is -2.16. The number of benzene rings is 2. The van der Waals surface area contributed by atoms with Gasteiger partial charge in [0.1, 0.15) is 12.4 Å². The van der Waals surface area contributed by atoms with Crippen LogP contribution in [0.3, 0.4) is 0 Å². The molecule has 0 atom stereocenters. The number of halogens is 2. The van der Waals surface area contributed by atoms with E-state index in [0.717, 1.165) is 46.3 Å². The van der Waals surface area contributed by atoms with Crippen LogP contribution in [0.5, 0.6) is 5.75 Å². The summed E-state index contributed by atoms with van der Waals surface area (Å²) in [5.41, 5.74) is 2.35. The molecule has 2 aromatic carbocycles. The number of nitrogens with one attached hydrogen (secondary N) is 1. The second kappa shape index (κ2) is 9.90. The Bertz CT molecular complexity index is 784. The Morgan fingerprint density at radius 2 is 1.81 bits per heavy atom. The molecule has 0 radical (unpaired) electrons. The summed E-state index contributed by atoms with van der Waals surface area (Å²) in [5, 5.41) is 3.48. The maximum absolute atomic E-state index is 5.97. The molecule has 0 amide bonds. The highest BCUT2D eigenvalue weighted by Crippen LogP contribution is 2.35. The number of imidazole rings is 1. The molecule has 0 aliphatic heterocycles. The van der Waals surface area contributed by atoms with Gasteiger partial charge in [0.15, 0.2) is 0 Å². The molecular formula is C20H21Br2N3O. The van der Waals surface area contributed by atoms with Crippen molar-refractivity contribution in [2.24, 2.45) is 0 Å². The predicted octanol–water partition coefficient (Wildman–Crippen LogP) is 5.17. The van der Waals surface area contributed by atoms with E-state index in [1.807, 2.05) is 36.9 Å². The van der Waals surface area contributed by atoms with Gasteiger partial charge in [-0.3, -0.25) is 0 Å². The van der Waals surface area contributed by atoms with Gasteiger partial charge in [0.25, 0.3) is 0 Å². The van der Waals surface area contributed by atoms with Crippen LogP contribution in [0, 0.1) is 0 Å². The van der Waals surface area contributed by atoms with Crippen LogP contribution in [0.15, 0.2) is 70.1 Å². The van der Waals surface area contributed by atoms with E-state index in [2.05, 4.69) is 71.0 Å². The highest BCUT2D eigenvalue weighted by molar-refractivity contribution is 9.11. The summed E-state index contributed by atoms with van der Waals surface area (Å²) in [6.07, 6.45) is 6.71. The van der Waals surface area contributed by atoms with Gasteiger partial charge in [-0.15, -0.1) is 0 Å². The molecule has 0 saturated heterocycles. The first-order chi connectivity index (χ1) is 12.7. The van der Waals surface area contributed by atoms with E-state index in [1.54, 1.807) is 0 Å². The molecule has 3 rings (SSSR count). The van der Waals surface area contributed by atoms with Crippen molar-refractivity contribution in [2.75, 3.05) is 6.54 Å². The number of aromatic nitrogens is 2. The molecule has 0 saturated carbocycles. The van der Waals surface area contributed by atoms with Crippen molar-refractivity contribution >= 4 is 31.9 Å². The summed E-state index contributed by atoms with van der Waals surface area (Å²) < 4.78 is 9.97.